The zero-order valence-corrected chi connectivity index (χ0v) is 17.1. The van der Waals surface area contributed by atoms with Gasteiger partial charge in [-0.15, -0.1) is 0 Å². The normalized spacial score (nSPS) is 19.9. The van der Waals surface area contributed by atoms with Crippen molar-refractivity contribution in [3.05, 3.63) is 78.4 Å². The lowest BCUT2D eigenvalue weighted by molar-refractivity contribution is 0.234. The lowest BCUT2D eigenvalue weighted by atomic mass is 9.82. The number of piperidine rings is 1. The Bertz CT molecular complexity index is 918. The summed E-state index contributed by atoms with van der Waals surface area (Å²) in [5, 5.41) is 7.69. The van der Waals surface area contributed by atoms with Crippen LogP contribution in [0, 0.1) is 5.92 Å². The van der Waals surface area contributed by atoms with E-state index in [1.165, 1.54) is 11.1 Å². The Labute approximate surface area is 172 Å². The van der Waals surface area contributed by atoms with E-state index in [1.807, 2.05) is 7.05 Å². The first kappa shape index (κ1) is 19.2. The van der Waals surface area contributed by atoms with Crippen molar-refractivity contribution in [2.45, 2.75) is 25.8 Å². The third-order valence-corrected chi connectivity index (χ3v) is 5.71. The molecule has 2 unspecified atom stereocenters. The molecule has 2 heterocycles. The molecule has 1 N–H and O–H groups in total. The van der Waals surface area contributed by atoms with Crippen LogP contribution in [0.2, 0.25) is 0 Å². The Balaban J connectivity index is 1.34. The number of aromatic nitrogens is 3. The van der Waals surface area contributed by atoms with Gasteiger partial charge in [0.05, 0.1) is 5.69 Å². The van der Waals surface area contributed by atoms with Gasteiger partial charge in [0.1, 0.15) is 12.7 Å². The number of nitrogens with zero attached hydrogens (tertiary/aromatic N) is 5. The summed E-state index contributed by atoms with van der Waals surface area (Å²) in [7, 11) is 1.87. The summed E-state index contributed by atoms with van der Waals surface area (Å²) in [6, 6.07) is 19.2. The maximum absolute atomic E-state index is 4.53. The number of likely N-dealkylation sites (tertiary alicyclic amines) is 1. The molecule has 6 nitrogen and oxygen atoms in total. The Kier molecular flexibility index (Phi) is 5.89. The van der Waals surface area contributed by atoms with E-state index in [1.54, 1.807) is 17.3 Å². The van der Waals surface area contributed by atoms with E-state index in [9.17, 15) is 0 Å². The molecule has 0 radical (unpaired) electrons. The fraction of sp³-hybridized carbons (Fsp3) is 0.348. The number of guanidine groups is 1. The third kappa shape index (κ3) is 4.47. The van der Waals surface area contributed by atoms with Crippen molar-refractivity contribution in [2.75, 3.05) is 20.1 Å². The highest BCUT2D eigenvalue weighted by Gasteiger charge is 2.28. The SMILES string of the molecule is CN=C(NCc1ccc(-n2cncn2)cc1)N1CCC(c2ccccc2)C(C)C1. The van der Waals surface area contributed by atoms with Crippen LogP contribution in [0.1, 0.15) is 30.4 Å². The monoisotopic (exact) mass is 388 g/mol. The largest absolute Gasteiger partial charge is 0.352 e. The minimum Gasteiger partial charge on any atom is -0.352 e. The van der Waals surface area contributed by atoms with Crippen LogP contribution in [0.5, 0.6) is 0 Å². The Morgan fingerprint density at radius 3 is 2.59 bits per heavy atom. The number of nitrogens with one attached hydrogen (secondary N) is 1. The second kappa shape index (κ2) is 8.90. The molecule has 0 aliphatic carbocycles. The van der Waals surface area contributed by atoms with Crippen molar-refractivity contribution >= 4 is 5.96 Å². The lowest BCUT2D eigenvalue weighted by Gasteiger charge is -2.39. The second-order valence-electron chi connectivity index (χ2n) is 7.64. The summed E-state index contributed by atoms with van der Waals surface area (Å²) in [5.74, 6) is 2.19. The molecule has 0 amide bonds. The van der Waals surface area contributed by atoms with Crippen molar-refractivity contribution in [1.82, 2.24) is 25.0 Å². The number of hydrogen-bond acceptors (Lipinski definition) is 3. The summed E-state index contributed by atoms with van der Waals surface area (Å²) in [6.45, 7) is 5.14. The van der Waals surface area contributed by atoms with Crippen molar-refractivity contribution in [1.29, 1.82) is 0 Å². The molecule has 1 fully saturated rings. The average Bonchev–Trinajstić information content (AvgIpc) is 3.30. The van der Waals surface area contributed by atoms with Gasteiger partial charge in [-0.1, -0.05) is 49.4 Å². The van der Waals surface area contributed by atoms with Gasteiger partial charge in [0, 0.05) is 26.7 Å². The second-order valence-corrected chi connectivity index (χ2v) is 7.64. The van der Waals surface area contributed by atoms with Gasteiger partial charge in [-0.2, -0.15) is 5.10 Å². The first-order valence-electron chi connectivity index (χ1n) is 10.2. The third-order valence-electron chi connectivity index (χ3n) is 5.71. The van der Waals surface area contributed by atoms with Crippen LogP contribution in [0.3, 0.4) is 0 Å². The van der Waals surface area contributed by atoms with Crippen LogP contribution >= 0.6 is 0 Å². The van der Waals surface area contributed by atoms with Crippen LogP contribution in [0.4, 0.5) is 0 Å². The zero-order chi connectivity index (χ0) is 20.1. The fourth-order valence-corrected chi connectivity index (χ4v) is 4.15. The van der Waals surface area contributed by atoms with Crippen molar-refractivity contribution in [3.63, 3.8) is 0 Å². The van der Waals surface area contributed by atoms with E-state index >= 15 is 0 Å². The first-order valence-corrected chi connectivity index (χ1v) is 10.2. The molecule has 0 spiro atoms. The van der Waals surface area contributed by atoms with E-state index in [0.717, 1.165) is 37.7 Å². The summed E-state index contributed by atoms with van der Waals surface area (Å²) in [5.41, 5.74) is 3.67. The minimum absolute atomic E-state index is 0.590. The molecule has 1 aliphatic rings. The molecule has 3 aromatic rings. The van der Waals surface area contributed by atoms with Crippen LogP contribution in [-0.4, -0.2) is 45.8 Å². The van der Waals surface area contributed by atoms with Crippen molar-refractivity contribution in [2.24, 2.45) is 10.9 Å². The van der Waals surface area contributed by atoms with Crippen LogP contribution < -0.4 is 5.32 Å². The molecule has 1 saturated heterocycles. The quantitative estimate of drug-likeness (QED) is 0.549. The zero-order valence-electron chi connectivity index (χ0n) is 17.1. The lowest BCUT2D eigenvalue weighted by Crippen LogP contribution is -2.47. The molecule has 1 aliphatic heterocycles. The minimum atomic E-state index is 0.590. The van der Waals surface area contributed by atoms with Crippen LogP contribution in [-0.2, 0) is 6.54 Å². The van der Waals surface area contributed by atoms with Crippen LogP contribution in [0.15, 0.2) is 72.2 Å². The summed E-state index contributed by atoms with van der Waals surface area (Å²) < 4.78 is 1.76. The molecule has 2 aromatic carbocycles. The van der Waals surface area contributed by atoms with Crippen LogP contribution in [0.25, 0.3) is 5.69 Å². The summed E-state index contributed by atoms with van der Waals surface area (Å²) in [6.07, 6.45) is 4.40. The van der Waals surface area contributed by atoms with Gasteiger partial charge in [0.25, 0.3) is 0 Å². The molecular weight excluding hydrogens is 360 g/mol. The van der Waals surface area contributed by atoms with Gasteiger partial charge in [-0.05, 0) is 41.5 Å². The van der Waals surface area contributed by atoms with Gasteiger partial charge in [-0.25, -0.2) is 9.67 Å². The highest BCUT2D eigenvalue weighted by molar-refractivity contribution is 5.80. The van der Waals surface area contributed by atoms with E-state index in [4.69, 9.17) is 0 Å². The van der Waals surface area contributed by atoms with E-state index in [0.29, 0.717) is 11.8 Å². The number of hydrogen-bond donors (Lipinski definition) is 1. The fourth-order valence-electron chi connectivity index (χ4n) is 4.15. The Hall–Kier alpha value is -3.15. The number of benzene rings is 2. The maximum atomic E-state index is 4.53. The van der Waals surface area contributed by atoms with Gasteiger partial charge in [0.2, 0.25) is 0 Å². The molecule has 1 aromatic heterocycles. The number of rotatable bonds is 4. The highest BCUT2D eigenvalue weighted by Crippen LogP contribution is 2.32. The average molecular weight is 389 g/mol. The first-order chi connectivity index (χ1) is 14.2. The predicted octanol–water partition coefficient (Wildman–Crippen LogP) is 3.47. The van der Waals surface area contributed by atoms with Crippen molar-refractivity contribution < 1.29 is 0 Å². The number of aliphatic imine (C=N–C) groups is 1. The van der Waals surface area contributed by atoms with Gasteiger partial charge in [-0.3, -0.25) is 4.99 Å². The van der Waals surface area contributed by atoms with Gasteiger partial charge < -0.3 is 10.2 Å². The molecule has 4 rings (SSSR count). The molecular formula is C23H28N6. The standard InChI is InChI=1S/C23H28N6/c1-18-15-28(13-12-22(18)20-6-4-3-5-7-20)23(24-2)26-14-19-8-10-21(11-9-19)29-17-25-16-27-29/h3-11,16-18,22H,12-15H2,1-2H3,(H,24,26). The van der Waals surface area contributed by atoms with Gasteiger partial charge in [0.15, 0.2) is 5.96 Å². The smallest absolute Gasteiger partial charge is 0.193 e. The summed E-state index contributed by atoms with van der Waals surface area (Å²) >= 11 is 0. The molecule has 0 bridgehead atoms. The molecule has 6 heteroatoms. The Morgan fingerprint density at radius 2 is 1.93 bits per heavy atom. The van der Waals surface area contributed by atoms with E-state index in [-0.39, 0.29) is 0 Å². The van der Waals surface area contributed by atoms with Gasteiger partial charge >= 0.3 is 0 Å². The summed E-state index contributed by atoms with van der Waals surface area (Å²) in [4.78, 5) is 10.9. The van der Waals surface area contributed by atoms with E-state index in [2.05, 4.69) is 86.8 Å². The maximum Gasteiger partial charge on any atom is 0.193 e. The molecule has 2 atom stereocenters. The predicted molar refractivity (Wildman–Crippen MR) is 116 cm³/mol. The van der Waals surface area contributed by atoms with Crippen molar-refractivity contribution in [3.8, 4) is 5.69 Å². The highest BCUT2D eigenvalue weighted by atomic mass is 15.3. The topological polar surface area (TPSA) is 58.3 Å². The molecule has 150 valence electrons. The molecule has 29 heavy (non-hydrogen) atoms. The molecule has 0 saturated carbocycles. The Morgan fingerprint density at radius 1 is 1.14 bits per heavy atom. The van der Waals surface area contributed by atoms with E-state index < -0.39 is 0 Å².